The van der Waals surface area contributed by atoms with Gasteiger partial charge in [0.15, 0.2) is 0 Å². The predicted octanol–water partition coefficient (Wildman–Crippen LogP) is 1.78. The van der Waals surface area contributed by atoms with Gasteiger partial charge in [-0.3, -0.25) is 9.78 Å². The lowest BCUT2D eigenvalue weighted by Crippen LogP contribution is -2.03. The van der Waals surface area contributed by atoms with Gasteiger partial charge < -0.3 is 0 Å². The van der Waals surface area contributed by atoms with Gasteiger partial charge in [-0.15, -0.1) is 11.3 Å². The molecule has 0 aliphatic heterocycles. The number of aryl methyl sites for hydroxylation is 2. The van der Waals surface area contributed by atoms with Gasteiger partial charge in [0.05, 0.1) is 21.8 Å². The van der Waals surface area contributed by atoms with Crippen molar-refractivity contribution in [2.24, 2.45) is 0 Å². The average Bonchev–Trinajstić information content (AvgIpc) is 2.58. The molecule has 0 bridgehead atoms. The molecule has 15 heavy (non-hydrogen) atoms. The third-order valence-electron chi connectivity index (χ3n) is 1.91. The Bertz CT molecular complexity index is 493. The molecule has 0 saturated carbocycles. The number of hydrogen-bond acceptors (Lipinski definition) is 5. The van der Waals surface area contributed by atoms with E-state index in [2.05, 4.69) is 15.0 Å². The average molecular weight is 219 g/mol. The lowest BCUT2D eigenvalue weighted by molar-refractivity contribution is 0.103. The number of hydrogen-bond donors (Lipinski definition) is 0. The van der Waals surface area contributed by atoms with E-state index in [0.29, 0.717) is 10.6 Å². The predicted molar refractivity (Wildman–Crippen MR) is 57.1 cm³/mol. The summed E-state index contributed by atoms with van der Waals surface area (Å²) in [4.78, 5) is 24.6. The molecule has 0 aromatic carbocycles. The molecule has 76 valence electrons. The highest BCUT2D eigenvalue weighted by atomic mass is 32.1. The molecule has 0 unspecified atom stereocenters. The van der Waals surface area contributed by atoms with Gasteiger partial charge in [0.2, 0.25) is 5.78 Å². The molecule has 2 heterocycles. The van der Waals surface area contributed by atoms with Crippen LogP contribution in [0.25, 0.3) is 0 Å². The van der Waals surface area contributed by atoms with Crippen molar-refractivity contribution in [3.63, 3.8) is 0 Å². The molecule has 2 rings (SSSR count). The van der Waals surface area contributed by atoms with E-state index < -0.39 is 0 Å². The summed E-state index contributed by atoms with van der Waals surface area (Å²) in [6, 6.07) is 0. The third-order valence-corrected chi connectivity index (χ3v) is 2.98. The van der Waals surface area contributed by atoms with Crippen molar-refractivity contribution in [3.8, 4) is 0 Å². The second-order valence-corrected chi connectivity index (χ2v) is 4.27. The smallest absolute Gasteiger partial charge is 0.224 e. The first-order valence-electron chi connectivity index (χ1n) is 4.43. The van der Waals surface area contributed by atoms with Crippen LogP contribution in [0.2, 0.25) is 0 Å². The van der Waals surface area contributed by atoms with Gasteiger partial charge >= 0.3 is 0 Å². The Labute approximate surface area is 91.0 Å². The second-order valence-electron chi connectivity index (χ2n) is 3.07. The maximum Gasteiger partial charge on any atom is 0.224 e. The van der Waals surface area contributed by atoms with Crippen LogP contribution < -0.4 is 0 Å². The standard InChI is InChI=1S/C10H9N3OS/c1-6-10(15-7(2)13-6)9(14)8-5-11-3-4-12-8/h3-5H,1-2H3. The Balaban J connectivity index is 2.41. The highest BCUT2D eigenvalue weighted by Gasteiger charge is 2.16. The van der Waals surface area contributed by atoms with E-state index in [-0.39, 0.29) is 5.78 Å². The van der Waals surface area contributed by atoms with Crippen LogP contribution in [0.4, 0.5) is 0 Å². The number of aromatic nitrogens is 3. The molecule has 0 aliphatic carbocycles. The third kappa shape index (κ3) is 1.92. The van der Waals surface area contributed by atoms with E-state index in [0.717, 1.165) is 10.7 Å². The van der Waals surface area contributed by atoms with E-state index in [1.165, 1.54) is 23.7 Å². The molecule has 2 aromatic rings. The molecule has 0 saturated heterocycles. The summed E-state index contributed by atoms with van der Waals surface area (Å²) >= 11 is 1.39. The minimum absolute atomic E-state index is 0.105. The van der Waals surface area contributed by atoms with Gasteiger partial charge in [-0.05, 0) is 13.8 Å². The topological polar surface area (TPSA) is 55.7 Å². The fraction of sp³-hybridized carbons (Fsp3) is 0.200. The normalized spacial score (nSPS) is 10.3. The minimum Gasteiger partial charge on any atom is -0.286 e. The van der Waals surface area contributed by atoms with Crippen LogP contribution in [0.1, 0.15) is 26.1 Å². The number of carbonyl (C=O) groups is 1. The highest BCUT2D eigenvalue weighted by molar-refractivity contribution is 7.13. The Hall–Kier alpha value is -1.62. The summed E-state index contributed by atoms with van der Waals surface area (Å²) in [5.41, 5.74) is 1.12. The van der Waals surface area contributed by atoms with Crippen LogP contribution >= 0.6 is 11.3 Å². The van der Waals surface area contributed by atoms with Crippen LogP contribution in [0.3, 0.4) is 0 Å². The summed E-state index contributed by atoms with van der Waals surface area (Å²) in [5, 5.41) is 0.889. The molecule has 0 spiro atoms. The van der Waals surface area contributed by atoms with Gasteiger partial charge in [0, 0.05) is 12.4 Å². The van der Waals surface area contributed by atoms with E-state index in [1.54, 1.807) is 6.20 Å². The zero-order valence-electron chi connectivity index (χ0n) is 8.39. The van der Waals surface area contributed by atoms with E-state index in [9.17, 15) is 4.79 Å². The zero-order chi connectivity index (χ0) is 10.8. The van der Waals surface area contributed by atoms with Crippen molar-refractivity contribution in [3.05, 3.63) is 39.9 Å². The van der Waals surface area contributed by atoms with Crippen molar-refractivity contribution in [1.82, 2.24) is 15.0 Å². The van der Waals surface area contributed by atoms with Crippen molar-refractivity contribution in [2.75, 3.05) is 0 Å². The number of ketones is 1. The molecule has 0 fully saturated rings. The summed E-state index contributed by atoms with van der Waals surface area (Å²) in [6.07, 6.45) is 4.52. The van der Waals surface area contributed by atoms with Gasteiger partial charge in [-0.1, -0.05) is 0 Å². The first kappa shape index (κ1) is 9.92. The molecule has 0 amide bonds. The quantitative estimate of drug-likeness (QED) is 0.722. The number of thiazole rings is 1. The molecule has 2 aromatic heterocycles. The monoisotopic (exact) mass is 219 g/mol. The zero-order valence-corrected chi connectivity index (χ0v) is 9.21. The highest BCUT2D eigenvalue weighted by Crippen LogP contribution is 2.19. The van der Waals surface area contributed by atoms with Crippen molar-refractivity contribution < 1.29 is 4.79 Å². The Morgan fingerprint density at radius 2 is 2.13 bits per heavy atom. The SMILES string of the molecule is Cc1nc(C)c(C(=O)c2cnccn2)s1. The Morgan fingerprint density at radius 3 is 2.67 bits per heavy atom. The largest absolute Gasteiger partial charge is 0.286 e. The minimum atomic E-state index is -0.105. The molecule has 0 aliphatic rings. The first-order chi connectivity index (χ1) is 7.18. The summed E-state index contributed by atoms with van der Waals surface area (Å²) in [6.45, 7) is 3.71. The van der Waals surface area contributed by atoms with E-state index in [1.807, 2.05) is 13.8 Å². The Kier molecular flexibility index (Phi) is 2.55. The van der Waals surface area contributed by atoms with Gasteiger partial charge in [-0.25, -0.2) is 9.97 Å². The molecular weight excluding hydrogens is 210 g/mol. The number of nitrogens with zero attached hydrogens (tertiary/aromatic N) is 3. The van der Waals surface area contributed by atoms with Crippen LogP contribution in [0.15, 0.2) is 18.6 Å². The second kappa shape index (κ2) is 3.86. The molecule has 5 heteroatoms. The van der Waals surface area contributed by atoms with Crippen molar-refractivity contribution in [1.29, 1.82) is 0 Å². The van der Waals surface area contributed by atoms with Crippen LogP contribution in [0.5, 0.6) is 0 Å². The van der Waals surface area contributed by atoms with Crippen LogP contribution in [-0.2, 0) is 0 Å². The fourth-order valence-corrected chi connectivity index (χ4v) is 2.14. The van der Waals surface area contributed by atoms with Gasteiger partial charge in [0.25, 0.3) is 0 Å². The van der Waals surface area contributed by atoms with E-state index >= 15 is 0 Å². The summed E-state index contributed by atoms with van der Waals surface area (Å²) in [5.74, 6) is -0.105. The van der Waals surface area contributed by atoms with E-state index in [4.69, 9.17) is 0 Å². The Morgan fingerprint density at radius 1 is 1.33 bits per heavy atom. The molecule has 0 atom stereocenters. The maximum absolute atomic E-state index is 11.9. The lowest BCUT2D eigenvalue weighted by atomic mass is 10.2. The fourth-order valence-electron chi connectivity index (χ4n) is 1.27. The number of carbonyl (C=O) groups excluding carboxylic acids is 1. The summed E-state index contributed by atoms with van der Waals surface area (Å²) in [7, 11) is 0. The summed E-state index contributed by atoms with van der Waals surface area (Å²) < 4.78 is 0. The molecular formula is C10H9N3OS. The van der Waals surface area contributed by atoms with Gasteiger partial charge in [-0.2, -0.15) is 0 Å². The lowest BCUT2D eigenvalue weighted by Gasteiger charge is -1.95. The van der Waals surface area contributed by atoms with Crippen molar-refractivity contribution in [2.45, 2.75) is 13.8 Å². The molecule has 4 nitrogen and oxygen atoms in total. The number of rotatable bonds is 2. The maximum atomic E-state index is 11.9. The molecule has 0 radical (unpaired) electrons. The molecule has 0 N–H and O–H groups in total. The van der Waals surface area contributed by atoms with Crippen LogP contribution in [-0.4, -0.2) is 20.7 Å². The first-order valence-corrected chi connectivity index (χ1v) is 5.25. The van der Waals surface area contributed by atoms with Gasteiger partial charge in [0.1, 0.15) is 5.69 Å². The van der Waals surface area contributed by atoms with Crippen LogP contribution in [0, 0.1) is 13.8 Å². The van der Waals surface area contributed by atoms with Crippen molar-refractivity contribution >= 4 is 17.1 Å².